The highest BCUT2D eigenvalue weighted by Gasteiger charge is 1.99. The third kappa shape index (κ3) is 1.35. The molecule has 0 fully saturated rings. The van der Waals surface area contributed by atoms with Crippen LogP contribution in [0.15, 0.2) is 10.6 Å². The summed E-state index contributed by atoms with van der Waals surface area (Å²) in [5.74, 6) is 0.838. The second-order valence-corrected chi connectivity index (χ2v) is 1.97. The summed E-state index contributed by atoms with van der Waals surface area (Å²) in [6, 6.07) is 3.81. The molecule has 0 aromatic carbocycles. The minimum Gasteiger partial charge on any atom is -0.361 e. The Kier molecular flexibility index (Phi) is 2.06. The molecule has 0 aliphatic rings. The molecule has 52 valence electrons. The molecule has 0 aliphatic carbocycles. The first-order valence-corrected chi connectivity index (χ1v) is 3.18. The highest BCUT2D eigenvalue weighted by atomic mass is 16.5. The molecule has 3 heteroatoms. The van der Waals surface area contributed by atoms with Crippen molar-refractivity contribution in [1.82, 2.24) is 5.16 Å². The first kappa shape index (κ1) is 6.81. The van der Waals surface area contributed by atoms with Crippen LogP contribution in [0.4, 0.5) is 0 Å². The van der Waals surface area contributed by atoms with E-state index >= 15 is 0 Å². The molecule has 0 aliphatic heterocycles. The molecule has 1 rings (SSSR count). The van der Waals surface area contributed by atoms with Crippen LogP contribution in [0.5, 0.6) is 0 Å². The van der Waals surface area contributed by atoms with Gasteiger partial charge < -0.3 is 4.52 Å². The molecular formula is C7H8N2O. The van der Waals surface area contributed by atoms with Crippen LogP contribution >= 0.6 is 0 Å². The monoisotopic (exact) mass is 136 g/mol. The quantitative estimate of drug-likeness (QED) is 0.615. The topological polar surface area (TPSA) is 49.8 Å². The summed E-state index contributed by atoms with van der Waals surface area (Å²) in [4.78, 5) is 0. The fourth-order valence-corrected chi connectivity index (χ4v) is 0.687. The maximum Gasteiger partial charge on any atom is 0.136 e. The van der Waals surface area contributed by atoms with E-state index < -0.39 is 0 Å². The Hall–Kier alpha value is -1.30. The molecular weight excluding hydrogens is 128 g/mol. The summed E-state index contributed by atoms with van der Waals surface area (Å²) >= 11 is 0. The van der Waals surface area contributed by atoms with Crippen LogP contribution < -0.4 is 0 Å². The first-order chi connectivity index (χ1) is 4.86. The van der Waals surface area contributed by atoms with Crippen molar-refractivity contribution < 1.29 is 4.52 Å². The van der Waals surface area contributed by atoms with E-state index in [0.717, 1.165) is 17.9 Å². The van der Waals surface area contributed by atoms with E-state index in [1.54, 1.807) is 0 Å². The predicted molar refractivity (Wildman–Crippen MR) is 35.2 cm³/mol. The smallest absolute Gasteiger partial charge is 0.136 e. The number of nitriles is 1. The lowest BCUT2D eigenvalue weighted by Gasteiger charge is -1.77. The second-order valence-electron chi connectivity index (χ2n) is 1.97. The lowest BCUT2D eigenvalue weighted by atomic mass is 10.3. The number of hydrogen-bond acceptors (Lipinski definition) is 3. The molecule has 0 saturated carbocycles. The summed E-state index contributed by atoms with van der Waals surface area (Å²) in [6.07, 6.45) is 1.17. The minimum absolute atomic E-state index is 0.337. The highest BCUT2D eigenvalue weighted by Crippen LogP contribution is 2.03. The molecule has 1 aromatic rings. The van der Waals surface area contributed by atoms with Gasteiger partial charge in [-0.15, -0.1) is 0 Å². The Morgan fingerprint density at radius 1 is 1.80 bits per heavy atom. The molecule has 0 unspecified atom stereocenters. The van der Waals surface area contributed by atoms with Crippen molar-refractivity contribution in [2.45, 2.75) is 19.8 Å². The van der Waals surface area contributed by atoms with E-state index in [2.05, 4.69) is 5.16 Å². The maximum atomic E-state index is 8.27. The van der Waals surface area contributed by atoms with Gasteiger partial charge in [0.25, 0.3) is 0 Å². The van der Waals surface area contributed by atoms with Crippen molar-refractivity contribution in [3.8, 4) is 6.07 Å². The molecule has 0 saturated heterocycles. The summed E-state index contributed by atoms with van der Waals surface area (Å²) in [5.41, 5.74) is 0.722. The van der Waals surface area contributed by atoms with Crippen molar-refractivity contribution in [2.75, 3.05) is 0 Å². The molecule has 0 radical (unpaired) electrons. The zero-order valence-corrected chi connectivity index (χ0v) is 5.79. The van der Waals surface area contributed by atoms with Crippen LogP contribution in [0.2, 0.25) is 0 Å². The Morgan fingerprint density at radius 2 is 2.60 bits per heavy atom. The van der Waals surface area contributed by atoms with Gasteiger partial charge in [0.1, 0.15) is 5.76 Å². The average Bonchev–Trinajstić information content (AvgIpc) is 2.37. The van der Waals surface area contributed by atoms with Crippen LogP contribution in [0, 0.1) is 11.3 Å². The Balaban J connectivity index is 2.70. The fraction of sp³-hybridized carbons (Fsp3) is 0.429. The normalized spacial score (nSPS) is 9.20. The van der Waals surface area contributed by atoms with Crippen molar-refractivity contribution >= 4 is 0 Å². The largest absolute Gasteiger partial charge is 0.361 e. The van der Waals surface area contributed by atoms with Crippen LogP contribution in [-0.2, 0) is 12.8 Å². The van der Waals surface area contributed by atoms with Crippen LogP contribution in [-0.4, -0.2) is 5.16 Å². The lowest BCUT2D eigenvalue weighted by molar-refractivity contribution is 0.382. The van der Waals surface area contributed by atoms with Gasteiger partial charge in [0.15, 0.2) is 0 Å². The minimum atomic E-state index is 0.337. The molecule has 0 N–H and O–H groups in total. The van der Waals surface area contributed by atoms with E-state index in [1.165, 1.54) is 0 Å². The number of rotatable bonds is 2. The standard InChI is InChI=1S/C7H8N2O/c1-2-7-5-6(3-4-8)9-10-7/h5H,2-3H2,1H3. The van der Waals surface area contributed by atoms with Gasteiger partial charge in [0.2, 0.25) is 0 Å². The van der Waals surface area contributed by atoms with Gasteiger partial charge in [0, 0.05) is 12.5 Å². The Morgan fingerprint density at radius 3 is 3.10 bits per heavy atom. The zero-order valence-electron chi connectivity index (χ0n) is 5.79. The lowest BCUT2D eigenvalue weighted by Crippen LogP contribution is -1.77. The van der Waals surface area contributed by atoms with Gasteiger partial charge in [-0.2, -0.15) is 5.26 Å². The molecule has 1 aromatic heterocycles. The third-order valence-electron chi connectivity index (χ3n) is 1.22. The van der Waals surface area contributed by atoms with Gasteiger partial charge in [0.05, 0.1) is 18.2 Å². The van der Waals surface area contributed by atoms with E-state index in [9.17, 15) is 0 Å². The first-order valence-electron chi connectivity index (χ1n) is 3.18. The third-order valence-corrected chi connectivity index (χ3v) is 1.22. The molecule has 0 spiro atoms. The number of aromatic nitrogens is 1. The van der Waals surface area contributed by atoms with Gasteiger partial charge >= 0.3 is 0 Å². The van der Waals surface area contributed by atoms with Crippen LogP contribution in [0.3, 0.4) is 0 Å². The summed E-state index contributed by atoms with van der Waals surface area (Å²) < 4.78 is 4.87. The highest BCUT2D eigenvalue weighted by molar-refractivity contribution is 5.08. The Labute approximate surface area is 59.2 Å². The number of aryl methyl sites for hydroxylation is 1. The van der Waals surface area contributed by atoms with Gasteiger partial charge in [-0.1, -0.05) is 12.1 Å². The van der Waals surface area contributed by atoms with Gasteiger partial charge in [-0.25, -0.2) is 0 Å². The van der Waals surface area contributed by atoms with Crippen molar-refractivity contribution in [2.24, 2.45) is 0 Å². The second kappa shape index (κ2) is 3.02. The van der Waals surface area contributed by atoms with E-state index in [4.69, 9.17) is 9.78 Å². The van der Waals surface area contributed by atoms with Crippen molar-refractivity contribution in [1.29, 1.82) is 5.26 Å². The van der Waals surface area contributed by atoms with E-state index in [0.29, 0.717) is 6.42 Å². The predicted octanol–water partition coefficient (Wildman–Crippen LogP) is 1.30. The van der Waals surface area contributed by atoms with Gasteiger partial charge in [-0.3, -0.25) is 0 Å². The average molecular weight is 136 g/mol. The van der Waals surface area contributed by atoms with Crippen molar-refractivity contribution in [3.05, 3.63) is 17.5 Å². The van der Waals surface area contributed by atoms with E-state index in [-0.39, 0.29) is 0 Å². The van der Waals surface area contributed by atoms with Crippen LogP contribution in [0.1, 0.15) is 18.4 Å². The summed E-state index contributed by atoms with van der Waals surface area (Å²) in [5, 5.41) is 11.9. The van der Waals surface area contributed by atoms with Crippen LogP contribution in [0.25, 0.3) is 0 Å². The molecule has 0 atom stereocenters. The summed E-state index contributed by atoms with van der Waals surface area (Å²) in [7, 11) is 0. The zero-order chi connectivity index (χ0) is 7.40. The van der Waals surface area contributed by atoms with Gasteiger partial charge in [-0.05, 0) is 0 Å². The fourth-order valence-electron chi connectivity index (χ4n) is 0.687. The summed E-state index contributed by atoms with van der Waals surface area (Å²) in [6.45, 7) is 1.98. The molecule has 10 heavy (non-hydrogen) atoms. The molecule has 1 heterocycles. The number of nitrogens with zero attached hydrogens (tertiary/aromatic N) is 2. The molecule has 0 amide bonds. The molecule has 3 nitrogen and oxygen atoms in total. The maximum absolute atomic E-state index is 8.27. The SMILES string of the molecule is CCc1cc(CC#N)no1. The number of hydrogen-bond donors (Lipinski definition) is 0. The van der Waals surface area contributed by atoms with E-state index in [1.807, 2.05) is 19.1 Å². The van der Waals surface area contributed by atoms with Crippen molar-refractivity contribution in [3.63, 3.8) is 0 Å². The molecule has 0 bridgehead atoms. The Bertz CT molecular complexity index is 246.